The summed E-state index contributed by atoms with van der Waals surface area (Å²) in [7, 11) is 2.27. The normalized spacial score (nSPS) is 37.2. The molecule has 0 aliphatic carbocycles. The molecule has 0 saturated carbocycles. The minimum absolute atomic E-state index is 0.510. The number of likely N-dealkylation sites (N-methyl/N-ethyl adjacent to an activating group) is 1. The van der Waals surface area contributed by atoms with Crippen molar-refractivity contribution in [2.24, 2.45) is 5.41 Å². The lowest BCUT2D eigenvalue weighted by Gasteiger charge is -2.36. The van der Waals surface area contributed by atoms with E-state index in [1.54, 1.807) is 0 Å². The average molecular weight is 239 g/mol. The fourth-order valence-corrected chi connectivity index (χ4v) is 3.38. The second kappa shape index (κ2) is 5.68. The first-order valence-corrected chi connectivity index (χ1v) is 7.26. The molecule has 17 heavy (non-hydrogen) atoms. The van der Waals surface area contributed by atoms with Gasteiger partial charge in [0.25, 0.3) is 0 Å². The van der Waals surface area contributed by atoms with Gasteiger partial charge in [0.15, 0.2) is 0 Å². The van der Waals surface area contributed by atoms with E-state index < -0.39 is 0 Å². The molecule has 0 spiro atoms. The first-order valence-electron chi connectivity index (χ1n) is 7.26. The average Bonchev–Trinajstić information content (AvgIpc) is 2.63. The van der Waals surface area contributed by atoms with Gasteiger partial charge in [0.05, 0.1) is 0 Å². The van der Waals surface area contributed by atoms with Crippen LogP contribution in [-0.4, -0.2) is 62.2 Å². The Morgan fingerprint density at radius 1 is 1.35 bits per heavy atom. The van der Waals surface area contributed by atoms with Crippen LogP contribution in [0.5, 0.6) is 0 Å². The largest absolute Gasteiger partial charge is 0.316 e. The Bertz CT molecular complexity index is 236. The van der Waals surface area contributed by atoms with Crippen LogP contribution in [0.2, 0.25) is 0 Å². The zero-order valence-corrected chi connectivity index (χ0v) is 11.8. The molecular weight excluding hydrogens is 210 g/mol. The lowest BCUT2D eigenvalue weighted by Crippen LogP contribution is -2.45. The highest BCUT2D eigenvalue weighted by atomic mass is 15.2. The Hall–Kier alpha value is -0.120. The molecule has 0 amide bonds. The van der Waals surface area contributed by atoms with Crippen LogP contribution in [-0.2, 0) is 0 Å². The van der Waals surface area contributed by atoms with Gasteiger partial charge in [-0.3, -0.25) is 4.90 Å². The van der Waals surface area contributed by atoms with E-state index in [9.17, 15) is 0 Å². The maximum atomic E-state index is 3.52. The summed E-state index contributed by atoms with van der Waals surface area (Å²) in [5.41, 5.74) is 0.510. The second-order valence-corrected chi connectivity index (χ2v) is 6.39. The molecule has 3 nitrogen and oxygen atoms in total. The molecule has 2 heterocycles. The van der Waals surface area contributed by atoms with Gasteiger partial charge in [0, 0.05) is 25.7 Å². The summed E-state index contributed by atoms with van der Waals surface area (Å²) in [6.07, 6.45) is 3.96. The van der Waals surface area contributed by atoms with Crippen LogP contribution in [0.1, 0.15) is 33.1 Å². The van der Waals surface area contributed by atoms with Crippen LogP contribution >= 0.6 is 0 Å². The van der Waals surface area contributed by atoms with Crippen molar-refractivity contribution in [3.63, 3.8) is 0 Å². The molecule has 2 saturated heterocycles. The molecule has 0 aromatic heterocycles. The molecule has 2 unspecified atom stereocenters. The van der Waals surface area contributed by atoms with Crippen LogP contribution in [0.4, 0.5) is 0 Å². The molecule has 100 valence electrons. The molecular formula is C14H29N3. The fourth-order valence-electron chi connectivity index (χ4n) is 3.38. The third kappa shape index (κ3) is 3.43. The quantitative estimate of drug-likeness (QED) is 0.803. The maximum absolute atomic E-state index is 3.52. The first kappa shape index (κ1) is 13.3. The molecule has 2 rings (SSSR count). The predicted octanol–water partition coefficient (Wildman–Crippen LogP) is 1.40. The van der Waals surface area contributed by atoms with Crippen molar-refractivity contribution in [3.05, 3.63) is 0 Å². The molecule has 2 aliphatic heterocycles. The SMILES string of the molecule is CCC1CN(C)CCCN1CC1(C)CCNC1. The number of hydrogen-bond acceptors (Lipinski definition) is 3. The van der Waals surface area contributed by atoms with Gasteiger partial charge in [-0.15, -0.1) is 0 Å². The van der Waals surface area contributed by atoms with Crippen LogP contribution in [0.3, 0.4) is 0 Å². The van der Waals surface area contributed by atoms with E-state index in [0.717, 1.165) is 6.04 Å². The van der Waals surface area contributed by atoms with Crippen molar-refractivity contribution in [3.8, 4) is 0 Å². The minimum atomic E-state index is 0.510. The summed E-state index contributed by atoms with van der Waals surface area (Å²) in [5.74, 6) is 0. The highest BCUT2D eigenvalue weighted by molar-refractivity contribution is 4.89. The number of nitrogens with one attached hydrogen (secondary N) is 1. The Kier molecular flexibility index (Phi) is 4.45. The van der Waals surface area contributed by atoms with Crippen LogP contribution < -0.4 is 5.32 Å². The van der Waals surface area contributed by atoms with Gasteiger partial charge in [0.2, 0.25) is 0 Å². The lowest BCUT2D eigenvalue weighted by molar-refractivity contribution is 0.124. The summed E-state index contributed by atoms with van der Waals surface area (Å²) in [6.45, 7) is 12.3. The Labute approximate surface area is 107 Å². The molecule has 2 aliphatic rings. The maximum Gasteiger partial charge on any atom is 0.0220 e. The second-order valence-electron chi connectivity index (χ2n) is 6.39. The first-order chi connectivity index (χ1) is 8.13. The zero-order chi connectivity index (χ0) is 12.3. The van der Waals surface area contributed by atoms with Crippen molar-refractivity contribution in [1.29, 1.82) is 0 Å². The van der Waals surface area contributed by atoms with Crippen molar-refractivity contribution in [2.75, 3.05) is 46.3 Å². The minimum Gasteiger partial charge on any atom is -0.316 e. The van der Waals surface area contributed by atoms with E-state index in [4.69, 9.17) is 0 Å². The van der Waals surface area contributed by atoms with Crippen molar-refractivity contribution < 1.29 is 0 Å². The lowest BCUT2D eigenvalue weighted by atomic mass is 9.88. The monoisotopic (exact) mass is 239 g/mol. The van der Waals surface area contributed by atoms with E-state index in [1.807, 2.05) is 0 Å². The van der Waals surface area contributed by atoms with E-state index in [0.29, 0.717) is 5.41 Å². The fraction of sp³-hybridized carbons (Fsp3) is 1.00. The summed E-state index contributed by atoms with van der Waals surface area (Å²) in [6, 6.07) is 0.764. The molecule has 0 radical (unpaired) electrons. The summed E-state index contributed by atoms with van der Waals surface area (Å²) >= 11 is 0. The van der Waals surface area contributed by atoms with E-state index >= 15 is 0 Å². The molecule has 2 fully saturated rings. The molecule has 1 N–H and O–H groups in total. The van der Waals surface area contributed by atoms with Crippen molar-refractivity contribution in [2.45, 2.75) is 39.2 Å². The van der Waals surface area contributed by atoms with E-state index in [-0.39, 0.29) is 0 Å². The van der Waals surface area contributed by atoms with Crippen molar-refractivity contribution >= 4 is 0 Å². The van der Waals surface area contributed by atoms with Gasteiger partial charge in [-0.05, 0) is 51.4 Å². The van der Waals surface area contributed by atoms with E-state index in [1.165, 1.54) is 58.5 Å². The Morgan fingerprint density at radius 3 is 2.82 bits per heavy atom. The molecule has 2 atom stereocenters. The highest BCUT2D eigenvalue weighted by Crippen LogP contribution is 2.27. The van der Waals surface area contributed by atoms with Crippen LogP contribution in [0.15, 0.2) is 0 Å². The molecule has 0 bridgehead atoms. The summed E-state index contributed by atoms with van der Waals surface area (Å²) in [4.78, 5) is 5.26. The van der Waals surface area contributed by atoms with Gasteiger partial charge in [0.1, 0.15) is 0 Å². The standard InChI is InChI=1S/C14H29N3/c1-4-13-10-16(3)8-5-9-17(13)12-14(2)6-7-15-11-14/h13,15H,4-12H2,1-3H3. The smallest absolute Gasteiger partial charge is 0.0220 e. The number of nitrogens with zero attached hydrogens (tertiary/aromatic N) is 2. The van der Waals surface area contributed by atoms with E-state index in [2.05, 4.69) is 36.0 Å². The third-order valence-electron chi connectivity index (χ3n) is 4.54. The molecule has 0 aromatic rings. The van der Waals surface area contributed by atoms with Gasteiger partial charge in [-0.25, -0.2) is 0 Å². The zero-order valence-electron chi connectivity index (χ0n) is 11.8. The number of hydrogen-bond donors (Lipinski definition) is 1. The Balaban J connectivity index is 1.96. The van der Waals surface area contributed by atoms with Crippen LogP contribution in [0, 0.1) is 5.41 Å². The van der Waals surface area contributed by atoms with Crippen molar-refractivity contribution in [1.82, 2.24) is 15.1 Å². The van der Waals surface area contributed by atoms with Gasteiger partial charge >= 0.3 is 0 Å². The predicted molar refractivity (Wildman–Crippen MR) is 73.4 cm³/mol. The third-order valence-corrected chi connectivity index (χ3v) is 4.54. The van der Waals surface area contributed by atoms with Gasteiger partial charge < -0.3 is 10.2 Å². The highest BCUT2D eigenvalue weighted by Gasteiger charge is 2.33. The van der Waals surface area contributed by atoms with Gasteiger partial charge in [-0.1, -0.05) is 13.8 Å². The Morgan fingerprint density at radius 2 is 2.18 bits per heavy atom. The van der Waals surface area contributed by atoms with Crippen LogP contribution in [0.25, 0.3) is 0 Å². The summed E-state index contributed by atoms with van der Waals surface area (Å²) < 4.78 is 0. The van der Waals surface area contributed by atoms with Gasteiger partial charge in [-0.2, -0.15) is 0 Å². The molecule has 3 heteroatoms. The molecule has 0 aromatic carbocycles. The summed E-state index contributed by atoms with van der Waals surface area (Å²) in [5, 5.41) is 3.52. The topological polar surface area (TPSA) is 18.5 Å². The number of rotatable bonds is 3.